The van der Waals surface area contributed by atoms with Crippen molar-refractivity contribution in [3.8, 4) is 28.3 Å². The number of nitrogens with zero attached hydrogens (tertiary/aromatic N) is 6. The third kappa shape index (κ3) is 4.86. The third-order valence-corrected chi connectivity index (χ3v) is 7.43. The Morgan fingerprint density at radius 3 is 2.23 bits per heavy atom. The fourth-order valence-electron chi connectivity index (χ4n) is 3.92. The monoisotopic (exact) mass is 570 g/mol. The van der Waals surface area contributed by atoms with Gasteiger partial charge in [0.15, 0.2) is 26.2 Å². The standard InChI is InChI=1S/C23H16F6N6O3S/c1-3-39(36,37)21-17(20-32-16-8-14(22(24,25)26)10-31-18(16)34(20)2)19-30-9-13(11-35(19)33-21)12-4-6-15(7-5-12)38-23(27,28)29/h4-11H,3H2,1-2H3. The van der Waals surface area contributed by atoms with E-state index in [1.807, 2.05) is 0 Å². The van der Waals surface area contributed by atoms with Gasteiger partial charge in [-0.25, -0.2) is 27.9 Å². The Morgan fingerprint density at radius 1 is 0.949 bits per heavy atom. The lowest BCUT2D eigenvalue weighted by molar-refractivity contribution is -0.274. The van der Waals surface area contributed by atoms with E-state index in [0.717, 1.165) is 18.2 Å². The Kier molecular flexibility index (Phi) is 6.04. The Balaban J connectivity index is 1.67. The van der Waals surface area contributed by atoms with Crippen molar-refractivity contribution in [3.63, 3.8) is 0 Å². The third-order valence-electron chi connectivity index (χ3n) is 5.80. The molecule has 1 aromatic carbocycles. The van der Waals surface area contributed by atoms with Crippen LogP contribution >= 0.6 is 0 Å². The molecule has 0 saturated carbocycles. The second kappa shape index (κ2) is 8.93. The van der Waals surface area contributed by atoms with Gasteiger partial charge in [0.05, 0.1) is 11.3 Å². The maximum Gasteiger partial charge on any atom is 0.573 e. The second-order valence-electron chi connectivity index (χ2n) is 8.33. The SMILES string of the molecule is CCS(=O)(=O)c1nn2cc(-c3ccc(OC(F)(F)F)cc3)cnc2c1-c1nc2cc(C(F)(F)F)cnc2n1C. The molecule has 4 heterocycles. The van der Waals surface area contributed by atoms with Gasteiger partial charge in [-0.05, 0) is 23.8 Å². The highest BCUT2D eigenvalue weighted by Gasteiger charge is 2.33. The van der Waals surface area contributed by atoms with Crippen LogP contribution in [-0.4, -0.2) is 49.7 Å². The number of ether oxygens (including phenoxy) is 1. The van der Waals surface area contributed by atoms with Gasteiger partial charge in [-0.1, -0.05) is 19.1 Å². The number of hydrogen-bond acceptors (Lipinski definition) is 7. The van der Waals surface area contributed by atoms with E-state index in [9.17, 15) is 34.8 Å². The molecule has 0 N–H and O–H groups in total. The van der Waals surface area contributed by atoms with Crippen LogP contribution in [0.4, 0.5) is 26.3 Å². The summed E-state index contributed by atoms with van der Waals surface area (Å²) in [5.41, 5.74) is -0.229. The van der Waals surface area contributed by atoms with E-state index in [4.69, 9.17) is 0 Å². The average molecular weight is 570 g/mol. The fraction of sp³-hybridized carbons (Fsp3) is 0.217. The van der Waals surface area contributed by atoms with Crippen LogP contribution in [0.1, 0.15) is 12.5 Å². The molecule has 0 saturated heterocycles. The number of hydrogen-bond donors (Lipinski definition) is 0. The summed E-state index contributed by atoms with van der Waals surface area (Å²) >= 11 is 0. The quantitative estimate of drug-likeness (QED) is 0.272. The number of alkyl halides is 6. The number of halogens is 6. The molecular weight excluding hydrogens is 554 g/mol. The van der Waals surface area contributed by atoms with Crippen molar-refractivity contribution >= 4 is 26.6 Å². The molecule has 5 aromatic rings. The number of aromatic nitrogens is 6. The normalized spacial score (nSPS) is 12.9. The first-order valence-electron chi connectivity index (χ1n) is 11.1. The number of sulfone groups is 1. The van der Waals surface area contributed by atoms with Crippen LogP contribution < -0.4 is 4.74 Å². The molecule has 0 radical (unpaired) electrons. The first kappa shape index (κ1) is 26.4. The van der Waals surface area contributed by atoms with E-state index in [2.05, 4.69) is 24.8 Å². The summed E-state index contributed by atoms with van der Waals surface area (Å²) in [5, 5.41) is 3.80. The van der Waals surface area contributed by atoms with Gasteiger partial charge in [0.2, 0.25) is 0 Å². The van der Waals surface area contributed by atoms with Gasteiger partial charge >= 0.3 is 12.5 Å². The molecular formula is C23H16F6N6O3S. The molecule has 0 unspecified atom stereocenters. The van der Waals surface area contributed by atoms with Gasteiger partial charge < -0.3 is 9.30 Å². The summed E-state index contributed by atoms with van der Waals surface area (Å²) in [6.45, 7) is 1.40. The van der Waals surface area contributed by atoms with Crippen LogP contribution in [0, 0.1) is 0 Å². The Labute approximate surface area is 215 Å². The first-order chi connectivity index (χ1) is 18.2. The van der Waals surface area contributed by atoms with Crippen molar-refractivity contribution in [3.05, 3.63) is 54.5 Å². The number of aryl methyl sites for hydroxylation is 1. The largest absolute Gasteiger partial charge is 0.573 e. The molecule has 0 aliphatic heterocycles. The topological polar surface area (TPSA) is 104 Å². The maximum absolute atomic E-state index is 13.2. The second-order valence-corrected chi connectivity index (χ2v) is 10.5. The molecule has 0 atom stereocenters. The van der Waals surface area contributed by atoms with Crippen LogP contribution in [0.15, 0.2) is 53.9 Å². The van der Waals surface area contributed by atoms with Crippen molar-refractivity contribution in [1.29, 1.82) is 0 Å². The Bertz CT molecular complexity index is 1830. The molecule has 0 amide bonds. The summed E-state index contributed by atoms with van der Waals surface area (Å²) in [6.07, 6.45) is -6.08. The van der Waals surface area contributed by atoms with Gasteiger partial charge in [0.1, 0.15) is 22.7 Å². The van der Waals surface area contributed by atoms with Crippen molar-refractivity contribution in [2.45, 2.75) is 24.5 Å². The summed E-state index contributed by atoms with van der Waals surface area (Å²) in [5.74, 6) is -0.785. The van der Waals surface area contributed by atoms with Crippen molar-refractivity contribution in [2.75, 3.05) is 5.75 Å². The van der Waals surface area contributed by atoms with E-state index in [0.29, 0.717) is 17.3 Å². The zero-order chi connectivity index (χ0) is 28.3. The van der Waals surface area contributed by atoms with E-state index in [1.165, 1.54) is 47.6 Å². The van der Waals surface area contributed by atoms with E-state index in [1.54, 1.807) is 0 Å². The molecule has 0 aliphatic rings. The smallest absolute Gasteiger partial charge is 0.406 e. The highest BCUT2D eigenvalue weighted by molar-refractivity contribution is 7.91. The van der Waals surface area contributed by atoms with Gasteiger partial charge in [0, 0.05) is 31.2 Å². The van der Waals surface area contributed by atoms with Crippen molar-refractivity contribution in [2.24, 2.45) is 7.05 Å². The van der Waals surface area contributed by atoms with E-state index < -0.39 is 38.7 Å². The summed E-state index contributed by atoms with van der Waals surface area (Å²) in [4.78, 5) is 12.4. The molecule has 16 heteroatoms. The zero-order valence-electron chi connectivity index (χ0n) is 19.9. The van der Waals surface area contributed by atoms with Gasteiger partial charge in [0.25, 0.3) is 0 Å². The van der Waals surface area contributed by atoms with Crippen LogP contribution in [0.2, 0.25) is 0 Å². The lowest BCUT2D eigenvalue weighted by atomic mass is 10.1. The van der Waals surface area contributed by atoms with Gasteiger partial charge in [-0.2, -0.15) is 18.3 Å². The highest BCUT2D eigenvalue weighted by atomic mass is 32.2. The number of pyridine rings is 1. The number of imidazole rings is 1. The predicted molar refractivity (Wildman–Crippen MR) is 125 cm³/mol. The van der Waals surface area contributed by atoms with Crippen LogP contribution in [-0.2, 0) is 23.1 Å². The number of benzene rings is 1. The molecule has 0 spiro atoms. The lowest BCUT2D eigenvalue weighted by Gasteiger charge is -2.09. The maximum atomic E-state index is 13.2. The van der Waals surface area contributed by atoms with Gasteiger partial charge in [-0.3, -0.25) is 0 Å². The summed E-state index contributed by atoms with van der Waals surface area (Å²) in [6, 6.07) is 5.73. The van der Waals surface area contributed by atoms with E-state index in [-0.39, 0.29) is 34.0 Å². The molecule has 0 fully saturated rings. The Hall–Kier alpha value is -4.21. The van der Waals surface area contributed by atoms with Crippen molar-refractivity contribution in [1.82, 2.24) is 29.1 Å². The van der Waals surface area contributed by atoms with Gasteiger partial charge in [-0.15, -0.1) is 13.2 Å². The minimum Gasteiger partial charge on any atom is -0.406 e. The zero-order valence-corrected chi connectivity index (χ0v) is 20.7. The molecule has 4 aromatic heterocycles. The minimum atomic E-state index is -4.85. The number of rotatable bonds is 5. The highest BCUT2D eigenvalue weighted by Crippen LogP contribution is 2.35. The summed E-state index contributed by atoms with van der Waals surface area (Å²) < 4.78 is 109. The predicted octanol–water partition coefficient (Wildman–Crippen LogP) is 5.06. The number of fused-ring (bicyclic) bond motifs is 2. The fourth-order valence-corrected chi connectivity index (χ4v) is 4.90. The average Bonchev–Trinajstić information content (AvgIpc) is 3.40. The minimum absolute atomic E-state index is 0.0206. The van der Waals surface area contributed by atoms with Crippen LogP contribution in [0.25, 0.3) is 39.3 Å². The van der Waals surface area contributed by atoms with Crippen molar-refractivity contribution < 1.29 is 39.5 Å². The lowest BCUT2D eigenvalue weighted by Crippen LogP contribution is -2.16. The van der Waals surface area contributed by atoms with E-state index >= 15 is 0 Å². The van der Waals surface area contributed by atoms with Crippen LogP contribution in [0.3, 0.4) is 0 Å². The summed E-state index contributed by atoms with van der Waals surface area (Å²) in [7, 11) is -2.51. The molecule has 204 valence electrons. The molecule has 39 heavy (non-hydrogen) atoms. The molecule has 5 rings (SSSR count). The molecule has 0 aliphatic carbocycles. The Morgan fingerprint density at radius 2 is 1.62 bits per heavy atom. The molecule has 9 nitrogen and oxygen atoms in total. The molecule has 0 bridgehead atoms. The van der Waals surface area contributed by atoms with Crippen LogP contribution in [0.5, 0.6) is 5.75 Å². The first-order valence-corrected chi connectivity index (χ1v) is 12.7.